The lowest BCUT2D eigenvalue weighted by molar-refractivity contribution is -0.137. The Morgan fingerprint density at radius 3 is 2.50 bits per heavy atom. The van der Waals surface area contributed by atoms with Crippen molar-refractivity contribution in [1.82, 2.24) is 10.9 Å². The van der Waals surface area contributed by atoms with E-state index in [1.807, 2.05) is 0 Å². The molecular weight excluding hydrogens is 325 g/mol. The van der Waals surface area contributed by atoms with E-state index in [9.17, 15) is 22.8 Å². The molecule has 132 valence electrons. The van der Waals surface area contributed by atoms with Crippen LogP contribution in [0, 0.1) is 5.92 Å². The Labute approximate surface area is 137 Å². The number of amides is 2. The quantitative estimate of drug-likeness (QED) is 0.826. The van der Waals surface area contributed by atoms with Gasteiger partial charge in [-0.3, -0.25) is 20.4 Å². The molecule has 0 aromatic heterocycles. The van der Waals surface area contributed by atoms with Crippen molar-refractivity contribution in [2.45, 2.75) is 38.3 Å². The summed E-state index contributed by atoms with van der Waals surface area (Å²) in [6.07, 6.45) is 0.205. The van der Waals surface area contributed by atoms with Crippen LogP contribution in [0.25, 0.3) is 0 Å². The zero-order valence-electron chi connectivity index (χ0n) is 13.0. The van der Waals surface area contributed by atoms with E-state index in [4.69, 9.17) is 4.74 Å². The topological polar surface area (TPSA) is 67.4 Å². The standard InChI is InChI=1S/C16H19F3N2O3/c17-16(18,19)12-7-4-8-13(9-12)24-10-14(22)20-21-15(23)11-5-2-1-3-6-11/h4,7-9,11H,1-3,5-6,10H2,(H,20,22)(H,21,23). The Morgan fingerprint density at radius 2 is 1.83 bits per heavy atom. The first-order valence-corrected chi connectivity index (χ1v) is 7.75. The number of alkyl halides is 3. The van der Waals surface area contributed by atoms with Crippen molar-refractivity contribution in [2.75, 3.05) is 6.61 Å². The molecule has 8 heteroatoms. The van der Waals surface area contributed by atoms with E-state index < -0.39 is 24.3 Å². The number of hydrazine groups is 1. The summed E-state index contributed by atoms with van der Waals surface area (Å²) in [5.41, 5.74) is 3.68. The first-order valence-electron chi connectivity index (χ1n) is 7.75. The van der Waals surface area contributed by atoms with Crippen molar-refractivity contribution in [3.8, 4) is 5.75 Å². The highest BCUT2D eigenvalue weighted by Gasteiger charge is 2.30. The molecule has 2 N–H and O–H groups in total. The number of carbonyl (C=O) groups excluding carboxylic acids is 2. The average molecular weight is 344 g/mol. The molecule has 0 aliphatic heterocycles. The highest BCUT2D eigenvalue weighted by Crippen LogP contribution is 2.31. The van der Waals surface area contributed by atoms with Crippen LogP contribution in [-0.4, -0.2) is 18.4 Å². The Bertz CT molecular complexity index is 584. The Hall–Kier alpha value is -2.25. The van der Waals surface area contributed by atoms with Crippen LogP contribution in [-0.2, 0) is 15.8 Å². The summed E-state index contributed by atoms with van der Waals surface area (Å²) in [4.78, 5) is 23.5. The normalized spacial score (nSPS) is 15.6. The third-order valence-electron chi connectivity index (χ3n) is 3.83. The van der Waals surface area contributed by atoms with Crippen molar-refractivity contribution >= 4 is 11.8 Å². The molecule has 24 heavy (non-hydrogen) atoms. The lowest BCUT2D eigenvalue weighted by Crippen LogP contribution is -2.46. The molecule has 0 unspecified atom stereocenters. The van der Waals surface area contributed by atoms with Crippen LogP contribution in [0.4, 0.5) is 13.2 Å². The van der Waals surface area contributed by atoms with E-state index in [2.05, 4.69) is 10.9 Å². The van der Waals surface area contributed by atoms with E-state index in [-0.39, 0.29) is 17.6 Å². The van der Waals surface area contributed by atoms with Gasteiger partial charge in [0.15, 0.2) is 6.61 Å². The SMILES string of the molecule is O=C(COc1cccc(C(F)(F)F)c1)NNC(=O)C1CCCCC1. The number of benzene rings is 1. The fourth-order valence-electron chi connectivity index (χ4n) is 2.55. The second kappa shape index (κ2) is 8.03. The van der Waals surface area contributed by atoms with Gasteiger partial charge in [0.1, 0.15) is 5.75 Å². The van der Waals surface area contributed by atoms with Gasteiger partial charge in [-0.1, -0.05) is 25.3 Å². The molecule has 0 heterocycles. The van der Waals surface area contributed by atoms with Crippen LogP contribution in [0.3, 0.4) is 0 Å². The average Bonchev–Trinajstić information content (AvgIpc) is 2.58. The molecule has 1 saturated carbocycles. The molecule has 2 amide bonds. The van der Waals surface area contributed by atoms with E-state index in [0.29, 0.717) is 0 Å². The van der Waals surface area contributed by atoms with E-state index >= 15 is 0 Å². The minimum absolute atomic E-state index is 0.0708. The highest BCUT2D eigenvalue weighted by atomic mass is 19.4. The number of ether oxygens (including phenoxy) is 1. The lowest BCUT2D eigenvalue weighted by Gasteiger charge is -2.20. The minimum Gasteiger partial charge on any atom is -0.484 e. The Balaban J connectivity index is 1.76. The van der Waals surface area contributed by atoms with Crippen molar-refractivity contribution in [3.05, 3.63) is 29.8 Å². The summed E-state index contributed by atoms with van der Waals surface area (Å²) < 4.78 is 42.7. The third kappa shape index (κ3) is 5.43. The van der Waals surface area contributed by atoms with Crippen molar-refractivity contribution < 1.29 is 27.5 Å². The maximum Gasteiger partial charge on any atom is 0.416 e. The summed E-state index contributed by atoms with van der Waals surface area (Å²) in [6, 6.07) is 4.25. The Morgan fingerprint density at radius 1 is 1.12 bits per heavy atom. The Kier molecular flexibility index (Phi) is 6.05. The number of carbonyl (C=O) groups is 2. The molecule has 0 saturated heterocycles. The largest absolute Gasteiger partial charge is 0.484 e. The van der Waals surface area contributed by atoms with Crippen LogP contribution in [0.5, 0.6) is 5.75 Å². The number of hydrogen-bond donors (Lipinski definition) is 2. The molecule has 5 nitrogen and oxygen atoms in total. The van der Waals surface area contributed by atoms with Gasteiger partial charge in [0.2, 0.25) is 5.91 Å². The van der Waals surface area contributed by atoms with E-state index in [0.717, 1.165) is 44.2 Å². The molecule has 2 rings (SSSR count). The zero-order chi connectivity index (χ0) is 17.6. The molecule has 1 aromatic rings. The molecule has 1 aromatic carbocycles. The maximum atomic E-state index is 12.6. The number of hydrogen-bond acceptors (Lipinski definition) is 3. The number of rotatable bonds is 4. The predicted octanol–water partition coefficient (Wildman–Crippen LogP) is 2.81. The second-order valence-electron chi connectivity index (χ2n) is 5.69. The highest BCUT2D eigenvalue weighted by molar-refractivity contribution is 5.84. The summed E-state index contributed by atoms with van der Waals surface area (Å²) >= 11 is 0. The molecule has 1 aliphatic rings. The van der Waals surface area contributed by atoms with Crippen LogP contribution < -0.4 is 15.6 Å². The lowest BCUT2D eigenvalue weighted by atomic mass is 9.89. The summed E-state index contributed by atoms with van der Waals surface area (Å²) in [6.45, 7) is -0.494. The van der Waals surface area contributed by atoms with Crippen LogP contribution in [0.1, 0.15) is 37.7 Å². The fourth-order valence-corrected chi connectivity index (χ4v) is 2.55. The maximum absolute atomic E-state index is 12.6. The van der Waals surface area contributed by atoms with Gasteiger partial charge < -0.3 is 4.74 Å². The number of halogens is 3. The van der Waals surface area contributed by atoms with Gasteiger partial charge >= 0.3 is 6.18 Å². The van der Waals surface area contributed by atoms with Crippen LogP contribution in [0.2, 0.25) is 0 Å². The third-order valence-corrected chi connectivity index (χ3v) is 3.83. The molecule has 0 atom stereocenters. The zero-order valence-corrected chi connectivity index (χ0v) is 13.0. The van der Waals surface area contributed by atoms with Crippen molar-refractivity contribution in [2.24, 2.45) is 5.92 Å². The van der Waals surface area contributed by atoms with Gasteiger partial charge in [0.25, 0.3) is 5.91 Å². The number of nitrogens with one attached hydrogen (secondary N) is 2. The predicted molar refractivity (Wildman–Crippen MR) is 79.8 cm³/mol. The molecular formula is C16H19F3N2O3. The summed E-state index contributed by atoms with van der Waals surface area (Å²) in [7, 11) is 0. The van der Waals surface area contributed by atoms with Gasteiger partial charge in [0.05, 0.1) is 5.56 Å². The first kappa shape index (κ1) is 18.1. The van der Waals surface area contributed by atoms with Crippen molar-refractivity contribution in [3.63, 3.8) is 0 Å². The molecule has 0 spiro atoms. The molecule has 0 radical (unpaired) electrons. The summed E-state index contributed by atoms with van der Waals surface area (Å²) in [5, 5.41) is 0. The van der Waals surface area contributed by atoms with Gasteiger partial charge in [0, 0.05) is 5.92 Å². The van der Waals surface area contributed by atoms with Gasteiger partial charge in [-0.25, -0.2) is 0 Å². The molecule has 1 fully saturated rings. The molecule has 1 aliphatic carbocycles. The van der Waals surface area contributed by atoms with Gasteiger partial charge in [-0.15, -0.1) is 0 Å². The summed E-state index contributed by atoms with van der Waals surface area (Å²) in [5.74, 6) is -1.07. The minimum atomic E-state index is -4.48. The van der Waals surface area contributed by atoms with E-state index in [1.165, 1.54) is 12.1 Å². The molecule has 0 bridgehead atoms. The smallest absolute Gasteiger partial charge is 0.416 e. The van der Waals surface area contributed by atoms with Gasteiger partial charge in [-0.05, 0) is 31.0 Å². The van der Waals surface area contributed by atoms with Crippen LogP contribution >= 0.6 is 0 Å². The monoisotopic (exact) mass is 344 g/mol. The second-order valence-corrected chi connectivity index (χ2v) is 5.69. The van der Waals surface area contributed by atoms with Crippen molar-refractivity contribution in [1.29, 1.82) is 0 Å². The van der Waals surface area contributed by atoms with Gasteiger partial charge in [-0.2, -0.15) is 13.2 Å². The first-order chi connectivity index (χ1) is 11.4. The van der Waals surface area contributed by atoms with E-state index in [1.54, 1.807) is 0 Å². The fraction of sp³-hybridized carbons (Fsp3) is 0.500. The van der Waals surface area contributed by atoms with Crippen LogP contribution in [0.15, 0.2) is 24.3 Å².